The summed E-state index contributed by atoms with van der Waals surface area (Å²) < 4.78 is 0. The van der Waals surface area contributed by atoms with E-state index < -0.39 is 6.04 Å². The maximum Gasteiger partial charge on any atom is 0.246 e. The van der Waals surface area contributed by atoms with E-state index in [0.29, 0.717) is 11.8 Å². The van der Waals surface area contributed by atoms with E-state index >= 15 is 0 Å². The normalized spacial score (nSPS) is 35.4. The Morgan fingerprint density at radius 2 is 1.90 bits per heavy atom. The van der Waals surface area contributed by atoms with E-state index in [1.165, 1.54) is 6.42 Å². The zero-order valence-corrected chi connectivity index (χ0v) is 13.4. The molecule has 4 nitrogen and oxygen atoms in total. The average Bonchev–Trinajstić information content (AvgIpc) is 2.71. The van der Waals surface area contributed by atoms with Gasteiger partial charge in [0.05, 0.1) is 6.54 Å². The molecule has 20 heavy (non-hydrogen) atoms. The third kappa shape index (κ3) is 2.70. The van der Waals surface area contributed by atoms with Gasteiger partial charge in [-0.1, -0.05) is 41.0 Å². The summed E-state index contributed by atoms with van der Waals surface area (Å²) in [7, 11) is 0. The predicted octanol–water partition coefficient (Wildman–Crippen LogP) is 2.18. The number of carbonyl (C=O) groups is 2. The van der Waals surface area contributed by atoms with Gasteiger partial charge in [-0.3, -0.25) is 9.59 Å². The Bertz CT molecular complexity index is 400. The Morgan fingerprint density at radius 1 is 1.25 bits per heavy atom. The molecule has 1 aliphatic heterocycles. The van der Waals surface area contributed by atoms with Crippen molar-refractivity contribution in [3.8, 4) is 0 Å². The first-order chi connectivity index (χ1) is 9.25. The highest BCUT2D eigenvalue weighted by molar-refractivity contribution is 5.95. The van der Waals surface area contributed by atoms with Gasteiger partial charge in [-0.25, -0.2) is 0 Å². The van der Waals surface area contributed by atoms with Crippen LogP contribution in [0.3, 0.4) is 0 Å². The van der Waals surface area contributed by atoms with Crippen LogP contribution >= 0.6 is 0 Å². The van der Waals surface area contributed by atoms with Gasteiger partial charge in [0.25, 0.3) is 0 Å². The summed E-state index contributed by atoms with van der Waals surface area (Å²) >= 11 is 0. The molecule has 4 unspecified atom stereocenters. The van der Waals surface area contributed by atoms with Gasteiger partial charge in [-0.05, 0) is 30.1 Å². The van der Waals surface area contributed by atoms with Crippen LogP contribution in [0.1, 0.15) is 53.9 Å². The molecule has 4 heteroatoms. The Labute approximate surface area is 122 Å². The molecule has 0 aromatic rings. The second kappa shape index (κ2) is 5.38. The van der Waals surface area contributed by atoms with Crippen molar-refractivity contribution in [2.24, 2.45) is 17.3 Å². The molecule has 2 amide bonds. The molecule has 4 atom stereocenters. The minimum absolute atomic E-state index is 0.0170. The third-order valence-electron chi connectivity index (χ3n) is 5.12. The fourth-order valence-corrected chi connectivity index (χ4v) is 3.77. The quantitative estimate of drug-likeness (QED) is 0.843. The molecule has 0 bridgehead atoms. The Morgan fingerprint density at radius 3 is 2.40 bits per heavy atom. The van der Waals surface area contributed by atoms with Crippen molar-refractivity contribution in [3.05, 3.63) is 0 Å². The molecule has 2 aliphatic rings. The van der Waals surface area contributed by atoms with Gasteiger partial charge in [0.15, 0.2) is 0 Å². The number of hydrogen-bond acceptors (Lipinski definition) is 2. The van der Waals surface area contributed by atoms with E-state index in [4.69, 9.17) is 0 Å². The molecule has 2 fully saturated rings. The second-order valence-corrected chi connectivity index (χ2v) is 7.50. The van der Waals surface area contributed by atoms with Gasteiger partial charge >= 0.3 is 0 Å². The van der Waals surface area contributed by atoms with Crippen molar-refractivity contribution < 1.29 is 9.59 Å². The van der Waals surface area contributed by atoms with Crippen molar-refractivity contribution in [1.82, 2.24) is 10.2 Å². The molecule has 1 saturated carbocycles. The lowest BCUT2D eigenvalue weighted by Gasteiger charge is -2.42. The smallest absolute Gasteiger partial charge is 0.246 e. The monoisotopic (exact) mass is 280 g/mol. The van der Waals surface area contributed by atoms with E-state index in [2.05, 4.69) is 19.2 Å². The van der Waals surface area contributed by atoms with Gasteiger partial charge in [0.1, 0.15) is 6.04 Å². The van der Waals surface area contributed by atoms with Crippen LogP contribution in [0.15, 0.2) is 0 Å². The Balaban J connectivity index is 2.19. The van der Waals surface area contributed by atoms with E-state index in [1.54, 1.807) is 0 Å². The summed E-state index contributed by atoms with van der Waals surface area (Å²) in [6.07, 6.45) is 3.37. The zero-order valence-electron chi connectivity index (χ0n) is 13.4. The SMILES string of the molecule is CCC1CCC(N2CC(=O)NC(C(C)(C)C)C2=O)C1C. The van der Waals surface area contributed by atoms with Gasteiger partial charge in [0, 0.05) is 6.04 Å². The lowest BCUT2D eigenvalue weighted by atomic mass is 9.83. The van der Waals surface area contributed by atoms with E-state index in [1.807, 2.05) is 25.7 Å². The predicted molar refractivity (Wildman–Crippen MR) is 79.1 cm³/mol. The zero-order chi connectivity index (χ0) is 15.1. The number of nitrogens with one attached hydrogen (secondary N) is 1. The van der Waals surface area contributed by atoms with E-state index in [0.717, 1.165) is 12.8 Å². The first-order valence-electron chi connectivity index (χ1n) is 7.85. The molecule has 0 aromatic heterocycles. The number of rotatable bonds is 2. The third-order valence-corrected chi connectivity index (χ3v) is 5.12. The first kappa shape index (κ1) is 15.3. The van der Waals surface area contributed by atoms with Crippen LogP contribution < -0.4 is 5.32 Å². The van der Waals surface area contributed by atoms with Gasteiger partial charge < -0.3 is 10.2 Å². The van der Waals surface area contributed by atoms with Crippen LogP contribution in [0.2, 0.25) is 0 Å². The molecular weight excluding hydrogens is 252 g/mol. The maximum atomic E-state index is 12.8. The molecule has 0 aromatic carbocycles. The number of nitrogens with zero attached hydrogens (tertiary/aromatic N) is 1. The highest BCUT2D eigenvalue weighted by atomic mass is 16.2. The molecule has 1 aliphatic carbocycles. The minimum Gasteiger partial charge on any atom is -0.342 e. The maximum absolute atomic E-state index is 12.8. The van der Waals surface area contributed by atoms with Crippen molar-refractivity contribution >= 4 is 11.8 Å². The van der Waals surface area contributed by atoms with Crippen LogP contribution in [-0.4, -0.2) is 35.3 Å². The molecule has 1 heterocycles. The molecule has 114 valence electrons. The van der Waals surface area contributed by atoms with Crippen LogP contribution in [0.25, 0.3) is 0 Å². The van der Waals surface area contributed by atoms with Gasteiger partial charge in [-0.2, -0.15) is 0 Å². The molecule has 1 N–H and O–H groups in total. The van der Waals surface area contributed by atoms with Crippen LogP contribution in [-0.2, 0) is 9.59 Å². The molecule has 0 spiro atoms. The van der Waals surface area contributed by atoms with Gasteiger partial charge in [-0.15, -0.1) is 0 Å². The average molecular weight is 280 g/mol. The Kier molecular flexibility index (Phi) is 4.12. The second-order valence-electron chi connectivity index (χ2n) is 7.50. The lowest BCUT2D eigenvalue weighted by Crippen LogP contribution is -2.64. The molecule has 2 rings (SSSR count). The van der Waals surface area contributed by atoms with Crippen LogP contribution in [0.4, 0.5) is 0 Å². The topological polar surface area (TPSA) is 49.4 Å². The highest BCUT2D eigenvalue weighted by Gasteiger charge is 2.45. The Hall–Kier alpha value is -1.06. The summed E-state index contributed by atoms with van der Waals surface area (Å²) in [5, 5.41) is 2.87. The summed E-state index contributed by atoms with van der Waals surface area (Å²) in [5.41, 5.74) is -0.239. The van der Waals surface area contributed by atoms with Crippen molar-refractivity contribution in [1.29, 1.82) is 0 Å². The number of carbonyl (C=O) groups excluding carboxylic acids is 2. The summed E-state index contributed by atoms with van der Waals surface area (Å²) in [6, 6.07) is -0.153. The minimum atomic E-state index is -0.392. The lowest BCUT2D eigenvalue weighted by molar-refractivity contribution is -0.150. The number of amides is 2. The fourth-order valence-electron chi connectivity index (χ4n) is 3.77. The summed E-state index contributed by atoms with van der Waals surface area (Å²) in [5.74, 6) is 1.27. The largest absolute Gasteiger partial charge is 0.342 e. The van der Waals surface area contributed by atoms with Crippen molar-refractivity contribution in [2.75, 3.05) is 6.54 Å². The summed E-state index contributed by atoms with van der Waals surface area (Å²) in [6.45, 7) is 10.7. The molecular formula is C16H28N2O2. The fraction of sp³-hybridized carbons (Fsp3) is 0.875. The van der Waals surface area contributed by atoms with Crippen molar-refractivity contribution in [2.45, 2.75) is 66.0 Å². The van der Waals surface area contributed by atoms with Crippen LogP contribution in [0.5, 0.6) is 0 Å². The number of piperazine rings is 1. The summed E-state index contributed by atoms with van der Waals surface area (Å²) in [4.78, 5) is 26.6. The van der Waals surface area contributed by atoms with E-state index in [-0.39, 0.29) is 29.8 Å². The van der Waals surface area contributed by atoms with Crippen molar-refractivity contribution in [3.63, 3.8) is 0 Å². The van der Waals surface area contributed by atoms with Gasteiger partial charge in [0.2, 0.25) is 11.8 Å². The van der Waals surface area contributed by atoms with Crippen LogP contribution in [0, 0.1) is 17.3 Å². The molecule has 0 radical (unpaired) electrons. The van der Waals surface area contributed by atoms with E-state index in [9.17, 15) is 9.59 Å². The molecule has 1 saturated heterocycles. The highest BCUT2D eigenvalue weighted by Crippen LogP contribution is 2.38. The number of hydrogen-bond donors (Lipinski definition) is 1. The first-order valence-corrected chi connectivity index (χ1v) is 7.85. The standard InChI is InChI=1S/C16H28N2O2/c1-6-11-7-8-12(10(11)2)18-9-13(19)17-14(15(18)20)16(3,4)5/h10-12,14H,6-9H2,1-5H3,(H,17,19).